The van der Waals surface area contributed by atoms with E-state index in [1.807, 2.05) is 23.6 Å². The predicted molar refractivity (Wildman–Crippen MR) is 82.7 cm³/mol. The molecule has 0 saturated carbocycles. The Hall–Kier alpha value is -2.11. The van der Waals surface area contributed by atoms with Gasteiger partial charge in [-0.1, -0.05) is 18.2 Å². The molecule has 1 atom stereocenters. The van der Waals surface area contributed by atoms with Gasteiger partial charge in [0.1, 0.15) is 5.58 Å². The number of benzene rings is 1. The molecule has 0 saturated heterocycles. The monoisotopic (exact) mass is 301 g/mol. The lowest BCUT2D eigenvalue weighted by Crippen LogP contribution is -2.18. The van der Waals surface area contributed by atoms with Crippen LogP contribution in [0.4, 0.5) is 0 Å². The van der Waals surface area contributed by atoms with E-state index in [4.69, 9.17) is 4.42 Å². The smallest absolute Gasteiger partial charge is 0.372 e. The normalized spacial score (nSPS) is 12.6. The lowest BCUT2D eigenvalue weighted by Gasteiger charge is -2.12. The molecule has 2 N–H and O–H groups in total. The summed E-state index contributed by atoms with van der Waals surface area (Å²) in [6.07, 6.45) is 0. The largest absolute Gasteiger partial charge is 0.475 e. The van der Waals surface area contributed by atoms with Crippen LogP contribution >= 0.6 is 11.3 Å². The molecule has 3 rings (SSSR count). The quantitative estimate of drug-likeness (QED) is 0.746. The number of para-hydroxylation sites is 1. The number of nitrogens with one attached hydrogen (secondary N) is 1. The van der Waals surface area contributed by atoms with Crippen molar-refractivity contribution in [2.45, 2.75) is 19.5 Å². The highest BCUT2D eigenvalue weighted by molar-refractivity contribution is 7.07. The first-order valence-electron chi connectivity index (χ1n) is 6.66. The molecule has 0 bridgehead atoms. The maximum absolute atomic E-state index is 11.3. The van der Waals surface area contributed by atoms with Crippen LogP contribution in [0.5, 0.6) is 0 Å². The van der Waals surface area contributed by atoms with Gasteiger partial charge in [0.25, 0.3) is 0 Å². The third-order valence-corrected chi connectivity index (χ3v) is 4.22. The minimum atomic E-state index is -1.04. The van der Waals surface area contributed by atoms with Crippen molar-refractivity contribution in [3.8, 4) is 0 Å². The fourth-order valence-electron chi connectivity index (χ4n) is 2.34. The Morgan fingerprint density at radius 3 is 2.90 bits per heavy atom. The molecule has 0 amide bonds. The lowest BCUT2D eigenvalue weighted by molar-refractivity contribution is 0.0663. The van der Waals surface area contributed by atoms with Gasteiger partial charge in [0.2, 0.25) is 5.76 Å². The molecule has 1 unspecified atom stereocenters. The molecule has 3 aromatic rings. The molecule has 0 aliphatic rings. The van der Waals surface area contributed by atoms with E-state index < -0.39 is 5.97 Å². The third kappa shape index (κ3) is 2.70. The molecule has 2 aromatic heterocycles. The average molecular weight is 301 g/mol. The van der Waals surface area contributed by atoms with E-state index in [2.05, 4.69) is 23.7 Å². The maximum Gasteiger partial charge on any atom is 0.372 e. The Morgan fingerprint density at radius 1 is 1.38 bits per heavy atom. The van der Waals surface area contributed by atoms with Crippen molar-refractivity contribution in [1.82, 2.24) is 5.32 Å². The highest BCUT2D eigenvalue weighted by atomic mass is 32.1. The van der Waals surface area contributed by atoms with Gasteiger partial charge in [-0.05, 0) is 35.4 Å². The van der Waals surface area contributed by atoms with E-state index in [1.54, 1.807) is 17.4 Å². The standard InChI is InChI=1S/C16H15NO3S/c1-10(11-6-7-21-9-11)17-8-13-12-4-2-3-5-14(12)20-15(13)16(18)19/h2-7,9-10,17H,8H2,1H3,(H,18,19). The van der Waals surface area contributed by atoms with Crippen molar-refractivity contribution in [3.63, 3.8) is 0 Å². The minimum absolute atomic E-state index is 0.0150. The summed E-state index contributed by atoms with van der Waals surface area (Å²) in [4.78, 5) is 11.3. The van der Waals surface area contributed by atoms with Gasteiger partial charge < -0.3 is 14.8 Å². The van der Waals surface area contributed by atoms with Gasteiger partial charge in [0, 0.05) is 23.5 Å². The molecule has 5 heteroatoms. The highest BCUT2D eigenvalue weighted by Crippen LogP contribution is 2.26. The molecular formula is C16H15NO3S. The summed E-state index contributed by atoms with van der Waals surface area (Å²) in [5.74, 6) is -1.02. The Morgan fingerprint density at radius 2 is 2.19 bits per heavy atom. The van der Waals surface area contributed by atoms with Crippen molar-refractivity contribution >= 4 is 28.3 Å². The Labute approximate surface area is 126 Å². The number of carboxylic acid groups (broad SMARTS) is 1. The predicted octanol–water partition coefficient (Wildman–Crippen LogP) is 4.04. The zero-order valence-corrected chi connectivity index (χ0v) is 12.3. The van der Waals surface area contributed by atoms with Crippen LogP contribution in [-0.2, 0) is 6.54 Å². The van der Waals surface area contributed by atoms with Gasteiger partial charge in [-0.2, -0.15) is 11.3 Å². The molecule has 4 nitrogen and oxygen atoms in total. The third-order valence-electron chi connectivity index (χ3n) is 3.52. The number of hydrogen-bond acceptors (Lipinski definition) is 4. The molecule has 0 fully saturated rings. The van der Waals surface area contributed by atoms with Crippen molar-refractivity contribution < 1.29 is 14.3 Å². The van der Waals surface area contributed by atoms with Crippen molar-refractivity contribution in [1.29, 1.82) is 0 Å². The van der Waals surface area contributed by atoms with E-state index in [1.165, 1.54) is 5.56 Å². The molecular weight excluding hydrogens is 286 g/mol. The summed E-state index contributed by atoms with van der Waals surface area (Å²) in [5, 5.41) is 17.6. The zero-order chi connectivity index (χ0) is 14.8. The van der Waals surface area contributed by atoms with E-state index in [0.29, 0.717) is 17.7 Å². The summed E-state index contributed by atoms with van der Waals surface area (Å²) in [6.45, 7) is 2.51. The first kappa shape index (κ1) is 13.9. The molecule has 1 aromatic carbocycles. The van der Waals surface area contributed by atoms with E-state index in [-0.39, 0.29) is 11.8 Å². The van der Waals surface area contributed by atoms with Crippen LogP contribution in [0.2, 0.25) is 0 Å². The number of carboxylic acids is 1. The number of rotatable bonds is 5. The Kier molecular flexibility index (Phi) is 3.77. The van der Waals surface area contributed by atoms with Gasteiger partial charge in [0.05, 0.1) is 0 Å². The van der Waals surface area contributed by atoms with E-state index >= 15 is 0 Å². The average Bonchev–Trinajstić information content (AvgIpc) is 3.12. The maximum atomic E-state index is 11.3. The van der Waals surface area contributed by atoms with Gasteiger partial charge in [-0.3, -0.25) is 0 Å². The number of hydrogen-bond donors (Lipinski definition) is 2. The van der Waals surface area contributed by atoms with Gasteiger partial charge in [-0.15, -0.1) is 0 Å². The number of carbonyl (C=O) groups is 1. The number of thiophene rings is 1. The van der Waals surface area contributed by atoms with Crippen LogP contribution in [0.1, 0.15) is 34.6 Å². The molecule has 2 heterocycles. The first-order valence-corrected chi connectivity index (χ1v) is 7.60. The van der Waals surface area contributed by atoms with Crippen LogP contribution in [0.3, 0.4) is 0 Å². The van der Waals surface area contributed by atoms with Crippen LogP contribution in [0, 0.1) is 0 Å². The summed E-state index contributed by atoms with van der Waals surface area (Å²) >= 11 is 1.65. The van der Waals surface area contributed by atoms with Crippen LogP contribution in [0.15, 0.2) is 45.5 Å². The van der Waals surface area contributed by atoms with Gasteiger partial charge in [-0.25, -0.2) is 4.79 Å². The summed E-state index contributed by atoms with van der Waals surface area (Å²) < 4.78 is 5.45. The highest BCUT2D eigenvalue weighted by Gasteiger charge is 2.20. The zero-order valence-electron chi connectivity index (χ0n) is 11.5. The summed E-state index contributed by atoms with van der Waals surface area (Å²) in [7, 11) is 0. The second kappa shape index (κ2) is 5.71. The fourth-order valence-corrected chi connectivity index (χ4v) is 3.10. The van der Waals surface area contributed by atoms with E-state index in [9.17, 15) is 9.90 Å². The number of furan rings is 1. The SMILES string of the molecule is CC(NCc1c(C(=O)O)oc2ccccc12)c1ccsc1. The minimum Gasteiger partial charge on any atom is -0.475 e. The van der Waals surface area contributed by atoms with Crippen molar-refractivity contribution in [2.75, 3.05) is 0 Å². The molecule has 108 valence electrons. The Bertz CT molecular complexity index is 761. The second-order valence-electron chi connectivity index (χ2n) is 4.87. The number of fused-ring (bicyclic) bond motifs is 1. The summed E-state index contributed by atoms with van der Waals surface area (Å²) in [5.41, 5.74) is 2.50. The van der Waals surface area contributed by atoms with Crippen LogP contribution < -0.4 is 5.32 Å². The molecule has 0 spiro atoms. The Balaban J connectivity index is 1.89. The van der Waals surface area contributed by atoms with E-state index in [0.717, 1.165) is 5.39 Å². The van der Waals surface area contributed by atoms with Crippen LogP contribution in [0.25, 0.3) is 11.0 Å². The number of aromatic carboxylic acids is 1. The second-order valence-corrected chi connectivity index (χ2v) is 5.65. The fraction of sp³-hybridized carbons (Fsp3) is 0.188. The van der Waals surface area contributed by atoms with Crippen molar-refractivity contribution in [2.24, 2.45) is 0 Å². The molecule has 21 heavy (non-hydrogen) atoms. The van der Waals surface area contributed by atoms with Crippen LogP contribution in [-0.4, -0.2) is 11.1 Å². The lowest BCUT2D eigenvalue weighted by atomic mass is 10.1. The molecule has 0 aliphatic carbocycles. The van der Waals surface area contributed by atoms with Gasteiger partial charge >= 0.3 is 5.97 Å². The molecule has 0 aliphatic heterocycles. The van der Waals surface area contributed by atoms with Crippen molar-refractivity contribution in [3.05, 3.63) is 58.0 Å². The van der Waals surface area contributed by atoms with Gasteiger partial charge in [0.15, 0.2) is 0 Å². The topological polar surface area (TPSA) is 62.5 Å². The summed E-state index contributed by atoms with van der Waals surface area (Å²) in [6, 6.07) is 9.61. The molecule has 0 radical (unpaired) electrons. The first-order chi connectivity index (χ1) is 10.2.